The molecule has 0 spiro atoms. The van der Waals surface area contributed by atoms with Crippen LogP contribution in [0.4, 0.5) is 13.2 Å². The summed E-state index contributed by atoms with van der Waals surface area (Å²) in [6, 6.07) is 5.93. The van der Waals surface area contributed by atoms with Crippen LogP contribution in [-0.4, -0.2) is 19.8 Å². The third-order valence-electron chi connectivity index (χ3n) is 2.60. The number of benzene rings is 1. The number of methoxy groups -OCH3 is 1. The minimum atomic E-state index is -4.25. The predicted octanol–water partition coefficient (Wildman–Crippen LogP) is 2.06. The lowest BCUT2D eigenvalue weighted by Gasteiger charge is -2.18. The fourth-order valence-electron chi connectivity index (χ4n) is 1.53. The summed E-state index contributed by atoms with van der Waals surface area (Å²) >= 11 is 0. The second-order valence-corrected chi connectivity index (χ2v) is 3.49. The van der Waals surface area contributed by atoms with E-state index >= 15 is 0 Å². The normalized spacial score (nSPS) is 25.1. The molecule has 0 radical (unpaired) electrons. The zero-order valence-electron chi connectivity index (χ0n) is 8.06. The lowest BCUT2D eigenvalue weighted by atomic mass is 9.98. The van der Waals surface area contributed by atoms with Crippen LogP contribution in [0, 0.1) is 0 Å². The molecule has 1 aromatic rings. The number of nitrogens with one attached hydrogen (secondary N) is 1. The van der Waals surface area contributed by atoms with Crippen LogP contribution in [0.3, 0.4) is 0 Å². The first kappa shape index (κ1) is 10.3. The SMILES string of the molecule is COc1ccc([C@]2(C(F)(F)F)CN2)cc1. The highest BCUT2D eigenvalue weighted by molar-refractivity contribution is 5.37. The highest BCUT2D eigenvalue weighted by Crippen LogP contribution is 2.46. The summed E-state index contributed by atoms with van der Waals surface area (Å²) in [6.07, 6.45) is -4.25. The third-order valence-corrected chi connectivity index (χ3v) is 2.60. The molecule has 1 aliphatic heterocycles. The van der Waals surface area contributed by atoms with Gasteiger partial charge in [0, 0.05) is 6.54 Å². The highest BCUT2D eigenvalue weighted by atomic mass is 19.4. The van der Waals surface area contributed by atoms with Gasteiger partial charge in [0.15, 0.2) is 5.54 Å². The second-order valence-electron chi connectivity index (χ2n) is 3.49. The molecule has 1 fully saturated rings. The molecule has 15 heavy (non-hydrogen) atoms. The van der Waals surface area contributed by atoms with Gasteiger partial charge >= 0.3 is 6.18 Å². The van der Waals surface area contributed by atoms with Crippen molar-refractivity contribution in [3.05, 3.63) is 29.8 Å². The maximum Gasteiger partial charge on any atom is 0.412 e. The Bertz CT molecular complexity index is 354. The summed E-state index contributed by atoms with van der Waals surface area (Å²) in [5.74, 6) is 0.553. The zero-order chi connectivity index (χ0) is 11.1. The molecule has 1 aliphatic rings. The van der Waals surface area contributed by atoms with Crippen LogP contribution in [0.2, 0.25) is 0 Å². The molecule has 0 bridgehead atoms. The monoisotopic (exact) mass is 217 g/mol. The van der Waals surface area contributed by atoms with Crippen molar-refractivity contribution in [3.8, 4) is 5.75 Å². The van der Waals surface area contributed by atoms with E-state index in [4.69, 9.17) is 4.74 Å². The number of rotatable bonds is 2. The van der Waals surface area contributed by atoms with Gasteiger partial charge in [-0.3, -0.25) is 5.32 Å². The van der Waals surface area contributed by atoms with Crippen molar-refractivity contribution >= 4 is 0 Å². The topological polar surface area (TPSA) is 31.2 Å². The number of hydrogen-bond acceptors (Lipinski definition) is 2. The van der Waals surface area contributed by atoms with E-state index < -0.39 is 11.7 Å². The van der Waals surface area contributed by atoms with E-state index in [1.165, 1.54) is 31.4 Å². The Morgan fingerprint density at radius 1 is 1.27 bits per heavy atom. The van der Waals surface area contributed by atoms with Gasteiger partial charge in [0.05, 0.1) is 7.11 Å². The van der Waals surface area contributed by atoms with Gasteiger partial charge in [0.1, 0.15) is 5.75 Å². The van der Waals surface area contributed by atoms with E-state index in [1.807, 2.05) is 0 Å². The molecule has 2 rings (SSSR count). The summed E-state index contributed by atoms with van der Waals surface area (Å²) in [5.41, 5.74) is -1.60. The molecule has 0 saturated carbocycles. The highest BCUT2D eigenvalue weighted by Gasteiger charge is 2.64. The molecule has 0 unspecified atom stereocenters. The molecule has 0 aromatic heterocycles. The predicted molar refractivity (Wildman–Crippen MR) is 48.7 cm³/mol. The fraction of sp³-hybridized carbons (Fsp3) is 0.400. The summed E-state index contributed by atoms with van der Waals surface area (Å²) in [5, 5.41) is 2.38. The molecule has 2 nitrogen and oxygen atoms in total. The number of ether oxygens (including phenoxy) is 1. The van der Waals surface area contributed by atoms with Crippen LogP contribution in [0.15, 0.2) is 24.3 Å². The van der Waals surface area contributed by atoms with E-state index in [2.05, 4.69) is 5.32 Å². The second kappa shape index (κ2) is 3.13. The maximum atomic E-state index is 12.7. The number of hydrogen-bond donors (Lipinski definition) is 1. The van der Waals surface area contributed by atoms with Crippen molar-refractivity contribution in [2.45, 2.75) is 11.7 Å². The fourth-order valence-corrected chi connectivity index (χ4v) is 1.53. The molecule has 0 aliphatic carbocycles. The minimum Gasteiger partial charge on any atom is -0.497 e. The summed E-state index contributed by atoms with van der Waals surface area (Å²) in [6.45, 7) is -0.0527. The third kappa shape index (κ3) is 1.56. The Morgan fingerprint density at radius 3 is 2.13 bits per heavy atom. The lowest BCUT2D eigenvalue weighted by Crippen LogP contribution is -2.33. The molecule has 0 amide bonds. The molecule has 1 saturated heterocycles. The van der Waals surface area contributed by atoms with Crippen molar-refractivity contribution in [2.75, 3.05) is 13.7 Å². The van der Waals surface area contributed by atoms with Crippen molar-refractivity contribution in [2.24, 2.45) is 0 Å². The Labute approximate surface area is 85.0 Å². The largest absolute Gasteiger partial charge is 0.497 e. The molecule has 5 heteroatoms. The molecule has 1 heterocycles. The van der Waals surface area contributed by atoms with Crippen LogP contribution in [0.5, 0.6) is 5.75 Å². The van der Waals surface area contributed by atoms with Crippen molar-refractivity contribution in [3.63, 3.8) is 0 Å². The number of halogens is 3. The van der Waals surface area contributed by atoms with Crippen LogP contribution in [0.1, 0.15) is 5.56 Å². The van der Waals surface area contributed by atoms with Gasteiger partial charge in [-0.25, -0.2) is 0 Å². The Kier molecular flexibility index (Phi) is 2.15. The quantitative estimate of drug-likeness (QED) is 0.769. The van der Waals surface area contributed by atoms with E-state index in [9.17, 15) is 13.2 Å². The van der Waals surface area contributed by atoms with Gasteiger partial charge in [0.25, 0.3) is 0 Å². The van der Waals surface area contributed by atoms with Crippen LogP contribution in [0.25, 0.3) is 0 Å². The van der Waals surface area contributed by atoms with Crippen molar-refractivity contribution in [1.82, 2.24) is 5.32 Å². The van der Waals surface area contributed by atoms with E-state index in [0.29, 0.717) is 5.75 Å². The van der Waals surface area contributed by atoms with Crippen LogP contribution >= 0.6 is 0 Å². The smallest absolute Gasteiger partial charge is 0.412 e. The summed E-state index contributed by atoms with van der Waals surface area (Å²) in [4.78, 5) is 0. The van der Waals surface area contributed by atoms with Gasteiger partial charge in [-0.05, 0) is 17.7 Å². The van der Waals surface area contributed by atoms with Gasteiger partial charge in [0.2, 0.25) is 0 Å². The summed E-state index contributed by atoms with van der Waals surface area (Å²) in [7, 11) is 1.48. The minimum absolute atomic E-state index is 0.0527. The molecule has 1 N–H and O–H groups in total. The number of alkyl halides is 3. The Morgan fingerprint density at radius 2 is 1.80 bits per heavy atom. The van der Waals surface area contributed by atoms with Gasteiger partial charge in [-0.15, -0.1) is 0 Å². The van der Waals surface area contributed by atoms with Crippen LogP contribution in [-0.2, 0) is 5.54 Å². The van der Waals surface area contributed by atoms with Gasteiger partial charge in [-0.1, -0.05) is 12.1 Å². The van der Waals surface area contributed by atoms with Crippen molar-refractivity contribution in [1.29, 1.82) is 0 Å². The van der Waals surface area contributed by atoms with Crippen LogP contribution < -0.4 is 10.1 Å². The standard InChI is InChI=1S/C10H10F3NO/c1-15-8-4-2-7(3-5-8)9(6-14-9)10(11,12)13/h2-5,14H,6H2,1H3/t9-/m0/s1. The van der Waals surface area contributed by atoms with E-state index in [0.717, 1.165) is 0 Å². The first-order valence-corrected chi connectivity index (χ1v) is 4.46. The first-order valence-electron chi connectivity index (χ1n) is 4.46. The molecule has 82 valence electrons. The molecule has 1 aromatic carbocycles. The van der Waals surface area contributed by atoms with Gasteiger partial charge < -0.3 is 4.74 Å². The molecular weight excluding hydrogens is 207 g/mol. The average Bonchev–Trinajstić information content (AvgIpc) is 2.98. The lowest BCUT2D eigenvalue weighted by molar-refractivity contribution is -0.161. The average molecular weight is 217 g/mol. The van der Waals surface area contributed by atoms with E-state index in [1.54, 1.807) is 0 Å². The Hall–Kier alpha value is -1.23. The van der Waals surface area contributed by atoms with Gasteiger partial charge in [-0.2, -0.15) is 13.2 Å². The van der Waals surface area contributed by atoms with Crippen molar-refractivity contribution < 1.29 is 17.9 Å². The molecular formula is C10H10F3NO. The Balaban J connectivity index is 2.30. The molecule has 1 atom stereocenters. The van der Waals surface area contributed by atoms with E-state index in [-0.39, 0.29) is 12.1 Å². The zero-order valence-corrected chi connectivity index (χ0v) is 8.06. The summed E-state index contributed by atoms with van der Waals surface area (Å²) < 4.78 is 42.9. The first-order chi connectivity index (χ1) is 6.99. The maximum absolute atomic E-state index is 12.7.